The summed E-state index contributed by atoms with van der Waals surface area (Å²) >= 11 is 5.82. The zero-order valence-corrected chi connectivity index (χ0v) is 18.2. The summed E-state index contributed by atoms with van der Waals surface area (Å²) < 4.78 is 44.9. The van der Waals surface area contributed by atoms with Crippen LogP contribution in [0.15, 0.2) is 77.7 Å². The van der Waals surface area contributed by atoms with Crippen LogP contribution in [0.1, 0.15) is 5.56 Å². The summed E-state index contributed by atoms with van der Waals surface area (Å²) in [5.41, 5.74) is 1.20. The summed E-state index contributed by atoms with van der Waals surface area (Å²) in [6.45, 7) is 0.0498. The molecule has 0 fully saturated rings. The molecule has 3 rings (SSSR count). The molecule has 6 nitrogen and oxygen atoms in total. The molecule has 0 saturated heterocycles. The standard InChI is InChI=1S/C22H20ClFN2O4S/c1-26(31(28,29)21-12-4-17(23)5-13-21)19-8-10-20(11-9-19)30-15-22(27)25-14-16-2-6-18(24)7-3-16/h2-13H,14-15H2,1H3,(H,25,27). The molecular weight excluding hydrogens is 443 g/mol. The molecule has 162 valence electrons. The van der Waals surface area contributed by atoms with E-state index >= 15 is 0 Å². The first-order chi connectivity index (χ1) is 14.8. The molecule has 0 saturated carbocycles. The maximum Gasteiger partial charge on any atom is 0.264 e. The average molecular weight is 463 g/mol. The van der Waals surface area contributed by atoms with Crippen LogP contribution in [0.25, 0.3) is 0 Å². The number of ether oxygens (including phenoxy) is 1. The number of rotatable bonds is 8. The van der Waals surface area contributed by atoms with Gasteiger partial charge in [-0.3, -0.25) is 9.10 Å². The fraction of sp³-hybridized carbons (Fsp3) is 0.136. The van der Waals surface area contributed by atoms with Crippen molar-refractivity contribution >= 4 is 33.2 Å². The van der Waals surface area contributed by atoms with E-state index in [1.807, 2.05) is 0 Å². The number of amides is 1. The molecule has 1 amide bonds. The molecule has 0 heterocycles. The Balaban J connectivity index is 1.55. The number of carbonyl (C=O) groups is 1. The van der Waals surface area contributed by atoms with E-state index in [9.17, 15) is 17.6 Å². The Kier molecular flexibility index (Phi) is 7.14. The number of benzene rings is 3. The van der Waals surface area contributed by atoms with Crippen LogP contribution in [0.4, 0.5) is 10.1 Å². The minimum Gasteiger partial charge on any atom is -0.484 e. The van der Waals surface area contributed by atoms with Crippen LogP contribution >= 0.6 is 11.6 Å². The van der Waals surface area contributed by atoms with E-state index in [2.05, 4.69) is 5.32 Å². The normalized spacial score (nSPS) is 11.1. The maximum atomic E-state index is 12.9. The number of anilines is 1. The highest BCUT2D eigenvalue weighted by Crippen LogP contribution is 2.25. The Labute approximate surface area is 185 Å². The van der Waals surface area contributed by atoms with E-state index in [1.54, 1.807) is 36.4 Å². The molecule has 0 atom stereocenters. The number of hydrogen-bond acceptors (Lipinski definition) is 4. The number of nitrogens with zero attached hydrogens (tertiary/aromatic N) is 1. The van der Waals surface area contributed by atoms with E-state index in [0.717, 1.165) is 9.87 Å². The molecule has 0 aromatic heterocycles. The van der Waals surface area contributed by atoms with E-state index in [4.69, 9.17) is 16.3 Å². The molecule has 3 aromatic carbocycles. The first-order valence-corrected chi connectivity index (χ1v) is 11.1. The van der Waals surface area contributed by atoms with Crippen molar-refractivity contribution in [2.75, 3.05) is 18.0 Å². The predicted molar refractivity (Wildman–Crippen MR) is 117 cm³/mol. The number of carbonyl (C=O) groups excluding carboxylic acids is 1. The highest BCUT2D eigenvalue weighted by atomic mass is 35.5. The summed E-state index contributed by atoms with van der Waals surface area (Å²) in [6.07, 6.45) is 0. The van der Waals surface area contributed by atoms with Gasteiger partial charge in [-0.1, -0.05) is 23.7 Å². The van der Waals surface area contributed by atoms with E-state index < -0.39 is 10.0 Å². The number of nitrogens with one attached hydrogen (secondary N) is 1. The van der Waals surface area contributed by atoms with Gasteiger partial charge in [0.25, 0.3) is 15.9 Å². The molecule has 3 aromatic rings. The lowest BCUT2D eigenvalue weighted by Crippen LogP contribution is -2.28. The molecule has 0 spiro atoms. The summed E-state index contributed by atoms with van der Waals surface area (Å²) in [5, 5.41) is 3.13. The van der Waals surface area contributed by atoms with Gasteiger partial charge in [0.2, 0.25) is 0 Å². The molecule has 1 N–H and O–H groups in total. The Bertz CT molecular complexity index is 1140. The molecule has 0 unspecified atom stereocenters. The van der Waals surface area contributed by atoms with Gasteiger partial charge in [-0.25, -0.2) is 12.8 Å². The highest BCUT2D eigenvalue weighted by Gasteiger charge is 2.21. The smallest absolute Gasteiger partial charge is 0.264 e. The van der Waals surface area contributed by atoms with E-state index in [1.165, 1.54) is 43.4 Å². The molecule has 0 radical (unpaired) electrons. The van der Waals surface area contributed by atoms with Crippen LogP contribution in [0.2, 0.25) is 5.02 Å². The van der Waals surface area contributed by atoms with Gasteiger partial charge in [0.15, 0.2) is 6.61 Å². The van der Waals surface area contributed by atoms with Crippen molar-refractivity contribution in [3.63, 3.8) is 0 Å². The lowest BCUT2D eigenvalue weighted by Gasteiger charge is -2.20. The second-order valence-corrected chi connectivity index (χ2v) is 9.02. The molecule has 9 heteroatoms. The lowest BCUT2D eigenvalue weighted by molar-refractivity contribution is -0.123. The third-order valence-electron chi connectivity index (χ3n) is 4.45. The fourth-order valence-corrected chi connectivity index (χ4v) is 3.98. The Hall–Kier alpha value is -3.10. The Morgan fingerprint density at radius 1 is 1.00 bits per heavy atom. The van der Waals surface area contributed by atoms with Gasteiger partial charge < -0.3 is 10.1 Å². The Morgan fingerprint density at radius 3 is 2.23 bits per heavy atom. The quantitative estimate of drug-likeness (QED) is 0.549. The van der Waals surface area contributed by atoms with Crippen LogP contribution in [-0.2, 0) is 21.4 Å². The van der Waals surface area contributed by atoms with E-state index in [0.29, 0.717) is 16.5 Å². The first kappa shape index (κ1) is 22.6. The van der Waals surface area contributed by atoms with Crippen LogP contribution in [0.5, 0.6) is 5.75 Å². The maximum absolute atomic E-state index is 12.9. The zero-order valence-electron chi connectivity index (χ0n) is 16.6. The van der Waals surface area contributed by atoms with Crippen molar-refractivity contribution in [2.24, 2.45) is 0 Å². The van der Waals surface area contributed by atoms with Crippen LogP contribution in [0.3, 0.4) is 0 Å². The third kappa shape index (κ3) is 5.96. The van der Waals surface area contributed by atoms with Crippen molar-refractivity contribution in [1.29, 1.82) is 0 Å². The SMILES string of the molecule is CN(c1ccc(OCC(=O)NCc2ccc(F)cc2)cc1)S(=O)(=O)c1ccc(Cl)cc1. The summed E-state index contributed by atoms with van der Waals surface area (Å²) in [6, 6.07) is 18.1. The van der Waals surface area contributed by atoms with Gasteiger partial charge in [0.05, 0.1) is 10.6 Å². The van der Waals surface area contributed by atoms with Gasteiger partial charge in [0.1, 0.15) is 11.6 Å². The number of sulfonamides is 1. The summed E-state index contributed by atoms with van der Waals surface area (Å²) in [7, 11) is -2.29. The fourth-order valence-electron chi connectivity index (χ4n) is 2.66. The van der Waals surface area contributed by atoms with Gasteiger partial charge in [-0.05, 0) is 66.2 Å². The second-order valence-electron chi connectivity index (χ2n) is 6.61. The van der Waals surface area contributed by atoms with Crippen LogP contribution in [-0.4, -0.2) is 28.0 Å². The zero-order chi connectivity index (χ0) is 22.4. The molecule has 0 bridgehead atoms. The van der Waals surface area contributed by atoms with Crippen molar-refractivity contribution in [1.82, 2.24) is 5.32 Å². The average Bonchev–Trinajstić information content (AvgIpc) is 2.77. The monoisotopic (exact) mass is 462 g/mol. The highest BCUT2D eigenvalue weighted by molar-refractivity contribution is 7.92. The number of halogens is 2. The van der Waals surface area contributed by atoms with Crippen molar-refractivity contribution < 1.29 is 22.3 Å². The summed E-state index contributed by atoms with van der Waals surface area (Å²) in [5.74, 6) is -0.262. The minimum atomic E-state index is -3.74. The third-order valence-corrected chi connectivity index (χ3v) is 6.50. The van der Waals surface area contributed by atoms with Gasteiger partial charge in [0, 0.05) is 18.6 Å². The topological polar surface area (TPSA) is 75.7 Å². The van der Waals surface area contributed by atoms with Crippen molar-refractivity contribution in [2.45, 2.75) is 11.4 Å². The Morgan fingerprint density at radius 2 is 1.61 bits per heavy atom. The van der Waals surface area contributed by atoms with Crippen LogP contribution in [0, 0.1) is 5.82 Å². The molecule has 0 aliphatic rings. The molecule has 0 aliphatic carbocycles. The van der Waals surface area contributed by atoms with E-state index in [-0.39, 0.29) is 29.8 Å². The van der Waals surface area contributed by atoms with Gasteiger partial charge in [-0.15, -0.1) is 0 Å². The molecule has 31 heavy (non-hydrogen) atoms. The lowest BCUT2D eigenvalue weighted by atomic mass is 10.2. The van der Waals surface area contributed by atoms with Crippen molar-refractivity contribution in [3.05, 3.63) is 89.2 Å². The summed E-state index contributed by atoms with van der Waals surface area (Å²) in [4.78, 5) is 12.1. The van der Waals surface area contributed by atoms with Gasteiger partial charge >= 0.3 is 0 Å². The first-order valence-electron chi connectivity index (χ1n) is 9.24. The van der Waals surface area contributed by atoms with Gasteiger partial charge in [-0.2, -0.15) is 0 Å². The van der Waals surface area contributed by atoms with Crippen molar-refractivity contribution in [3.8, 4) is 5.75 Å². The largest absolute Gasteiger partial charge is 0.484 e. The predicted octanol–water partition coefficient (Wildman–Crippen LogP) is 4.00. The molecule has 0 aliphatic heterocycles. The molecular formula is C22H20ClFN2O4S. The second kappa shape index (κ2) is 9.80. The number of hydrogen-bond donors (Lipinski definition) is 1. The van der Waals surface area contributed by atoms with Crippen LogP contribution < -0.4 is 14.4 Å². The minimum absolute atomic E-state index is 0.123.